The Morgan fingerprint density at radius 1 is 0.974 bits per heavy atom. The van der Waals surface area contributed by atoms with Gasteiger partial charge >= 0.3 is 0 Å². The van der Waals surface area contributed by atoms with Crippen molar-refractivity contribution in [3.05, 3.63) is 101 Å². The van der Waals surface area contributed by atoms with E-state index in [-0.39, 0.29) is 23.7 Å². The third-order valence-electron chi connectivity index (χ3n) is 5.76. The van der Waals surface area contributed by atoms with Gasteiger partial charge in [-0.2, -0.15) is 0 Å². The second-order valence-corrected chi connectivity index (χ2v) is 10.9. The van der Waals surface area contributed by atoms with E-state index in [4.69, 9.17) is 11.6 Å². The highest BCUT2D eigenvalue weighted by Gasteiger charge is 2.33. The lowest BCUT2D eigenvalue weighted by atomic mass is 10.0. The van der Waals surface area contributed by atoms with Crippen LogP contribution in [-0.2, 0) is 32.6 Å². The summed E-state index contributed by atoms with van der Waals surface area (Å²) < 4.78 is 53.5. The van der Waals surface area contributed by atoms with Gasteiger partial charge < -0.3 is 10.2 Å². The molecule has 0 bridgehead atoms. The van der Waals surface area contributed by atoms with Gasteiger partial charge in [-0.05, 0) is 48.4 Å². The average Bonchev–Trinajstić information content (AvgIpc) is 2.87. The highest BCUT2D eigenvalue weighted by atomic mass is 35.5. The Morgan fingerprint density at radius 3 is 2.21 bits per heavy atom. The van der Waals surface area contributed by atoms with Crippen molar-refractivity contribution in [2.75, 3.05) is 23.7 Å². The van der Waals surface area contributed by atoms with Crippen molar-refractivity contribution in [2.45, 2.75) is 25.9 Å². The van der Waals surface area contributed by atoms with Gasteiger partial charge in [0.1, 0.15) is 24.2 Å². The van der Waals surface area contributed by atoms with Gasteiger partial charge in [0, 0.05) is 19.5 Å². The Hall–Kier alpha value is -3.50. The molecule has 0 aromatic heterocycles. The Bertz CT molecular complexity index is 1370. The monoisotopic (exact) mass is 563 g/mol. The quantitative estimate of drug-likeness (QED) is 0.379. The predicted octanol–water partition coefficient (Wildman–Crippen LogP) is 4.16. The van der Waals surface area contributed by atoms with Crippen LogP contribution in [0.15, 0.2) is 72.8 Å². The Labute approximate surface area is 226 Å². The minimum absolute atomic E-state index is 0.00778. The summed E-state index contributed by atoms with van der Waals surface area (Å²) >= 11 is 5.87. The average molecular weight is 564 g/mol. The van der Waals surface area contributed by atoms with Gasteiger partial charge in [0.2, 0.25) is 21.8 Å². The number of carbonyl (C=O) groups excluding carboxylic acids is 2. The molecule has 202 valence electrons. The van der Waals surface area contributed by atoms with Crippen LogP contribution in [0.4, 0.5) is 14.5 Å². The molecule has 0 saturated carbocycles. The van der Waals surface area contributed by atoms with E-state index >= 15 is 0 Å². The van der Waals surface area contributed by atoms with Crippen molar-refractivity contribution >= 4 is 39.1 Å². The molecule has 11 heteroatoms. The van der Waals surface area contributed by atoms with E-state index in [2.05, 4.69) is 5.32 Å². The molecule has 0 spiro atoms. The highest BCUT2D eigenvalue weighted by Crippen LogP contribution is 2.25. The minimum Gasteiger partial charge on any atom is -0.355 e. The number of sulfonamides is 1. The summed E-state index contributed by atoms with van der Waals surface area (Å²) in [5.74, 6) is -2.32. The van der Waals surface area contributed by atoms with Crippen LogP contribution in [0.25, 0.3) is 0 Å². The number of hydrogen-bond acceptors (Lipinski definition) is 4. The number of hydrogen-bond donors (Lipinski definition) is 1. The summed E-state index contributed by atoms with van der Waals surface area (Å²) in [5, 5.41) is 2.43. The second kappa shape index (κ2) is 12.8. The number of likely N-dealkylation sites (N-methyl/N-ethyl adjacent to an activating group) is 1. The summed E-state index contributed by atoms with van der Waals surface area (Å²) in [6.07, 6.45) is 1.06. The van der Waals surface area contributed by atoms with Crippen LogP contribution in [0.2, 0.25) is 5.02 Å². The Kier molecular flexibility index (Phi) is 9.82. The number of nitrogens with zero attached hydrogens (tertiary/aromatic N) is 2. The van der Waals surface area contributed by atoms with Gasteiger partial charge in [0.15, 0.2) is 0 Å². The van der Waals surface area contributed by atoms with Crippen LogP contribution in [0, 0.1) is 11.6 Å². The van der Waals surface area contributed by atoms with E-state index < -0.39 is 46.1 Å². The van der Waals surface area contributed by atoms with E-state index in [9.17, 15) is 26.8 Å². The van der Waals surface area contributed by atoms with Gasteiger partial charge in [-0.25, -0.2) is 17.2 Å². The van der Waals surface area contributed by atoms with Gasteiger partial charge in [-0.15, -0.1) is 0 Å². The molecule has 0 fully saturated rings. The number of amides is 2. The van der Waals surface area contributed by atoms with Crippen molar-refractivity contribution in [1.82, 2.24) is 10.2 Å². The summed E-state index contributed by atoms with van der Waals surface area (Å²) in [6, 6.07) is 16.8. The Balaban J connectivity index is 2.04. The number of rotatable bonds is 11. The van der Waals surface area contributed by atoms with E-state index in [1.54, 1.807) is 19.1 Å². The maximum absolute atomic E-state index is 13.8. The number of nitrogens with one attached hydrogen (secondary N) is 1. The zero-order chi connectivity index (χ0) is 27.9. The van der Waals surface area contributed by atoms with E-state index in [0.29, 0.717) is 12.1 Å². The Morgan fingerprint density at radius 2 is 1.63 bits per heavy atom. The summed E-state index contributed by atoms with van der Waals surface area (Å²) in [6.45, 7) is 1.29. The third-order valence-corrected chi connectivity index (χ3v) is 7.19. The topological polar surface area (TPSA) is 86.8 Å². The van der Waals surface area contributed by atoms with Crippen LogP contribution >= 0.6 is 11.6 Å². The molecule has 0 aliphatic heterocycles. The molecule has 3 aromatic rings. The smallest absolute Gasteiger partial charge is 0.244 e. The molecule has 7 nitrogen and oxygen atoms in total. The van der Waals surface area contributed by atoms with Crippen molar-refractivity contribution in [1.29, 1.82) is 0 Å². The zero-order valence-corrected chi connectivity index (χ0v) is 22.5. The molecule has 0 heterocycles. The van der Waals surface area contributed by atoms with Crippen molar-refractivity contribution in [2.24, 2.45) is 0 Å². The number of halogens is 3. The van der Waals surface area contributed by atoms with E-state index in [1.807, 2.05) is 18.2 Å². The first kappa shape index (κ1) is 29.1. The van der Waals surface area contributed by atoms with Gasteiger partial charge in [-0.3, -0.25) is 13.9 Å². The number of carbonyl (C=O) groups is 2. The fraction of sp³-hybridized carbons (Fsp3) is 0.259. The maximum atomic E-state index is 13.8. The first-order valence-electron chi connectivity index (χ1n) is 11.8. The van der Waals surface area contributed by atoms with E-state index in [1.165, 1.54) is 35.2 Å². The van der Waals surface area contributed by atoms with Crippen LogP contribution in [0.3, 0.4) is 0 Å². The molecule has 0 unspecified atom stereocenters. The van der Waals surface area contributed by atoms with Gasteiger partial charge in [0.25, 0.3) is 0 Å². The summed E-state index contributed by atoms with van der Waals surface area (Å²) in [5.41, 5.74) is 1.32. The number of benzene rings is 3. The fourth-order valence-corrected chi connectivity index (χ4v) is 4.90. The largest absolute Gasteiger partial charge is 0.355 e. The lowest BCUT2D eigenvalue weighted by Gasteiger charge is -2.33. The third kappa shape index (κ3) is 7.75. The normalized spacial score (nSPS) is 12.0. The zero-order valence-electron chi connectivity index (χ0n) is 20.9. The predicted molar refractivity (Wildman–Crippen MR) is 143 cm³/mol. The molecule has 38 heavy (non-hydrogen) atoms. The van der Waals surface area contributed by atoms with Crippen LogP contribution in [-0.4, -0.2) is 50.5 Å². The molecule has 0 aliphatic carbocycles. The molecule has 1 atom stereocenters. The molecular weight excluding hydrogens is 536 g/mol. The summed E-state index contributed by atoms with van der Waals surface area (Å²) in [7, 11) is -4.02. The molecule has 1 N–H and O–H groups in total. The molecule has 3 aromatic carbocycles. The highest BCUT2D eigenvalue weighted by molar-refractivity contribution is 7.92. The van der Waals surface area contributed by atoms with Crippen molar-refractivity contribution < 1.29 is 26.8 Å². The molecule has 3 rings (SSSR count). The molecule has 0 aliphatic rings. The van der Waals surface area contributed by atoms with Gasteiger partial charge in [0.05, 0.1) is 17.0 Å². The first-order valence-corrected chi connectivity index (χ1v) is 14.0. The lowest BCUT2D eigenvalue weighted by Crippen LogP contribution is -2.53. The minimum atomic E-state index is -4.02. The SMILES string of the molecule is CCNC(=O)[C@H](Cc1ccccc1)N(Cc1ccc(F)cc1)C(=O)CN(c1ccc(F)c(Cl)c1)S(C)(=O)=O. The molecular formula is C27H28ClF2N3O4S. The summed E-state index contributed by atoms with van der Waals surface area (Å²) in [4.78, 5) is 28.3. The maximum Gasteiger partial charge on any atom is 0.244 e. The molecule has 2 amide bonds. The van der Waals surface area contributed by atoms with Gasteiger partial charge in [-0.1, -0.05) is 54.1 Å². The van der Waals surface area contributed by atoms with E-state index in [0.717, 1.165) is 28.3 Å². The van der Waals surface area contributed by atoms with Crippen LogP contribution < -0.4 is 9.62 Å². The first-order chi connectivity index (χ1) is 18.0. The standard InChI is InChI=1S/C27H28ClF2N3O4S/c1-3-31-27(35)25(15-19-7-5-4-6-8-19)32(17-20-9-11-21(29)12-10-20)26(34)18-33(38(2,36)37)22-13-14-24(30)23(28)16-22/h4-14,16,25H,3,15,17-18H2,1-2H3,(H,31,35)/t25-/m0/s1. The van der Waals surface area contributed by atoms with Crippen LogP contribution in [0.5, 0.6) is 0 Å². The number of anilines is 1. The van der Waals surface area contributed by atoms with Crippen molar-refractivity contribution in [3.63, 3.8) is 0 Å². The van der Waals surface area contributed by atoms with Crippen molar-refractivity contribution in [3.8, 4) is 0 Å². The molecule has 0 saturated heterocycles. The van der Waals surface area contributed by atoms with Crippen LogP contribution in [0.1, 0.15) is 18.1 Å². The second-order valence-electron chi connectivity index (χ2n) is 8.62. The fourth-order valence-electron chi connectivity index (χ4n) is 3.89. The lowest BCUT2D eigenvalue weighted by molar-refractivity contribution is -0.140. The molecule has 0 radical (unpaired) electrons.